The maximum atomic E-state index is 13.8. The van der Waals surface area contributed by atoms with Crippen molar-refractivity contribution >= 4 is 57.6 Å². The number of thioether (sulfide) groups is 1. The van der Waals surface area contributed by atoms with Crippen molar-refractivity contribution in [2.75, 3.05) is 11.9 Å². The van der Waals surface area contributed by atoms with Crippen molar-refractivity contribution in [1.82, 2.24) is 4.90 Å². The van der Waals surface area contributed by atoms with E-state index in [1.54, 1.807) is 18.2 Å². The zero-order chi connectivity index (χ0) is 21.7. The Bertz CT molecular complexity index is 1040. The smallest absolute Gasteiger partial charge is 0.269 e. The monoisotopic (exact) mass is 445 g/mol. The number of amides is 2. The zero-order valence-electron chi connectivity index (χ0n) is 15.5. The topological polar surface area (TPSA) is 92.6 Å². The van der Waals surface area contributed by atoms with E-state index in [1.165, 1.54) is 41.3 Å². The lowest BCUT2D eigenvalue weighted by molar-refractivity contribution is -0.384. The second-order valence-electron chi connectivity index (χ2n) is 6.31. The molecule has 2 amide bonds. The van der Waals surface area contributed by atoms with E-state index in [0.717, 1.165) is 11.8 Å². The number of benzene rings is 2. The second kappa shape index (κ2) is 9.59. The Labute approximate surface area is 181 Å². The van der Waals surface area contributed by atoms with E-state index in [0.29, 0.717) is 26.9 Å². The van der Waals surface area contributed by atoms with Crippen molar-refractivity contribution in [3.8, 4) is 0 Å². The van der Waals surface area contributed by atoms with E-state index >= 15 is 0 Å². The minimum Gasteiger partial charge on any atom is -0.326 e. The summed E-state index contributed by atoms with van der Waals surface area (Å²) >= 11 is 6.34. The number of nitrogens with zero attached hydrogens (tertiary/aromatic N) is 2. The van der Waals surface area contributed by atoms with E-state index in [-0.39, 0.29) is 30.5 Å². The van der Waals surface area contributed by atoms with Crippen LogP contribution in [-0.2, 0) is 9.59 Å². The normalized spacial score (nSPS) is 15.0. The zero-order valence-corrected chi connectivity index (χ0v) is 17.2. The summed E-state index contributed by atoms with van der Waals surface area (Å²) in [5, 5.41) is 13.3. The molecule has 1 aliphatic rings. The number of carbonyl (C=O) groups is 2. The van der Waals surface area contributed by atoms with Gasteiger partial charge in [0.15, 0.2) is 0 Å². The molecule has 0 spiro atoms. The van der Waals surface area contributed by atoms with Crippen LogP contribution in [0.4, 0.5) is 15.8 Å². The van der Waals surface area contributed by atoms with Crippen LogP contribution < -0.4 is 5.32 Å². The molecule has 0 bridgehead atoms. The van der Waals surface area contributed by atoms with Gasteiger partial charge in [-0.25, -0.2) is 4.39 Å². The van der Waals surface area contributed by atoms with Crippen molar-refractivity contribution in [2.45, 2.75) is 12.8 Å². The molecular weight excluding hydrogens is 429 g/mol. The third kappa shape index (κ3) is 5.28. The van der Waals surface area contributed by atoms with Crippen molar-refractivity contribution in [3.05, 3.63) is 74.9 Å². The van der Waals surface area contributed by atoms with E-state index in [1.807, 2.05) is 0 Å². The molecule has 0 atom stereocenters. The first kappa shape index (κ1) is 21.6. The number of rotatable bonds is 7. The van der Waals surface area contributed by atoms with Crippen molar-refractivity contribution < 1.29 is 18.9 Å². The van der Waals surface area contributed by atoms with Gasteiger partial charge in [0.1, 0.15) is 10.1 Å². The predicted molar refractivity (Wildman–Crippen MR) is 117 cm³/mol. The maximum Gasteiger partial charge on any atom is 0.269 e. The predicted octanol–water partition coefficient (Wildman–Crippen LogP) is 4.35. The Morgan fingerprint density at radius 1 is 1.23 bits per heavy atom. The first-order valence-electron chi connectivity index (χ1n) is 8.89. The SMILES string of the molecule is O=C(CCCN1C(=O)/C(=C/c2ccccc2F)SC1=S)Nc1ccc([N+](=O)[O-])cc1. The molecule has 30 heavy (non-hydrogen) atoms. The lowest BCUT2D eigenvalue weighted by Gasteiger charge is -2.14. The van der Waals surface area contributed by atoms with Gasteiger partial charge < -0.3 is 5.32 Å². The Balaban J connectivity index is 1.52. The summed E-state index contributed by atoms with van der Waals surface area (Å²) in [6, 6.07) is 11.6. The van der Waals surface area contributed by atoms with E-state index in [9.17, 15) is 24.1 Å². The van der Waals surface area contributed by atoms with Crippen LogP contribution >= 0.6 is 24.0 Å². The highest BCUT2D eigenvalue weighted by molar-refractivity contribution is 8.26. The molecule has 1 saturated heterocycles. The summed E-state index contributed by atoms with van der Waals surface area (Å²) in [4.78, 5) is 36.5. The number of carbonyl (C=O) groups excluding carboxylic acids is 2. The van der Waals surface area contributed by atoms with Crippen LogP contribution in [0.25, 0.3) is 6.08 Å². The summed E-state index contributed by atoms with van der Waals surface area (Å²) in [5.41, 5.74) is 0.690. The summed E-state index contributed by atoms with van der Waals surface area (Å²) in [5.74, 6) is -1.02. The van der Waals surface area contributed by atoms with Gasteiger partial charge in [-0.1, -0.05) is 42.2 Å². The minimum absolute atomic E-state index is 0.0641. The molecule has 154 valence electrons. The van der Waals surface area contributed by atoms with Crippen LogP contribution in [-0.4, -0.2) is 32.5 Å². The quantitative estimate of drug-likeness (QED) is 0.295. The van der Waals surface area contributed by atoms with Crippen LogP contribution in [0.1, 0.15) is 18.4 Å². The molecule has 1 aliphatic heterocycles. The first-order valence-corrected chi connectivity index (χ1v) is 10.1. The molecule has 1 heterocycles. The fourth-order valence-corrected chi connectivity index (χ4v) is 4.01. The fourth-order valence-electron chi connectivity index (χ4n) is 2.71. The number of nitro benzene ring substituents is 1. The Morgan fingerprint density at radius 2 is 1.93 bits per heavy atom. The number of non-ortho nitro benzene ring substituents is 1. The Kier molecular flexibility index (Phi) is 6.91. The number of hydrogen-bond donors (Lipinski definition) is 1. The molecule has 1 N–H and O–H groups in total. The average Bonchev–Trinajstić information content (AvgIpc) is 2.97. The van der Waals surface area contributed by atoms with Gasteiger partial charge in [-0.15, -0.1) is 0 Å². The molecule has 0 radical (unpaired) electrons. The lowest BCUT2D eigenvalue weighted by atomic mass is 10.2. The van der Waals surface area contributed by atoms with Gasteiger partial charge in [-0.05, 0) is 30.7 Å². The number of thiocarbonyl (C=S) groups is 1. The molecule has 0 saturated carbocycles. The van der Waals surface area contributed by atoms with Crippen LogP contribution in [0.15, 0.2) is 53.4 Å². The van der Waals surface area contributed by atoms with Gasteiger partial charge in [-0.2, -0.15) is 0 Å². The van der Waals surface area contributed by atoms with Gasteiger partial charge in [0.25, 0.3) is 11.6 Å². The highest BCUT2D eigenvalue weighted by atomic mass is 32.2. The first-order chi connectivity index (χ1) is 14.3. The number of hydrogen-bond acceptors (Lipinski definition) is 6. The third-order valence-electron chi connectivity index (χ3n) is 4.21. The molecule has 0 unspecified atom stereocenters. The van der Waals surface area contributed by atoms with Crippen LogP contribution in [0.5, 0.6) is 0 Å². The summed E-state index contributed by atoms with van der Waals surface area (Å²) in [6.45, 7) is 0.257. The van der Waals surface area contributed by atoms with Gasteiger partial charge in [0, 0.05) is 36.3 Å². The number of halogens is 1. The van der Waals surface area contributed by atoms with Crippen LogP contribution in [0, 0.1) is 15.9 Å². The van der Waals surface area contributed by atoms with Gasteiger partial charge in [0.2, 0.25) is 5.91 Å². The van der Waals surface area contributed by atoms with Gasteiger partial charge in [0.05, 0.1) is 9.83 Å². The van der Waals surface area contributed by atoms with Crippen molar-refractivity contribution in [1.29, 1.82) is 0 Å². The average molecular weight is 445 g/mol. The molecule has 7 nitrogen and oxygen atoms in total. The molecule has 2 aromatic rings. The van der Waals surface area contributed by atoms with E-state index < -0.39 is 10.7 Å². The largest absolute Gasteiger partial charge is 0.326 e. The number of nitro groups is 1. The van der Waals surface area contributed by atoms with Crippen LogP contribution in [0.3, 0.4) is 0 Å². The van der Waals surface area contributed by atoms with E-state index in [2.05, 4.69) is 5.32 Å². The molecule has 3 rings (SSSR count). The Morgan fingerprint density at radius 3 is 2.60 bits per heavy atom. The summed E-state index contributed by atoms with van der Waals surface area (Å²) in [6.07, 6.45) is 1.98. The fraction of sp³-hybridized carbons (Fsp3) is 0.150. The summed E-state index contributed by atoms with van der Waals surface area (Å²) in [7, 11) is 0. The standard InChI is InChI=1S/C20H16FN3O4S2/c21-16-5-2-1-4-13(16)12-17-19(26)23(20(29)30-17)11-3-6-18(25)22-14-7-9-15(10-8-14)24(27)28/h1-2,4-5,7-10,12H,3,6,11H2,(H,22,25)/b17-12-. The highest BCUT2D eigenvalue weighted by Gasteiger charge is 2.31. The molecule has 0 aliphatic carbocycles. The molecule has 1 fully saturated rings. The lowest BCUT2D eigenvalue weighted by Crippen LogP contribution is -2.29. The minimum atomic E-state index is -0.519. The second-order valence-corrected chi connectivity index (χ2v) is 7.99. The van der Waals surface area contributed by atoms with Gasteiger partial charge in [-0.3, -0.25) is 24.6 Å². The van der Waals surface area contributed by atoms with E-state index in [4.69, 9.17) is 12.2 Å². The Hall–Kier alpha value is -3.11. The number of anilines is 1. The number of nitrogens with one attached hydrogen (secondary N) is 1. The molecule has 10 heteroatoms. The van der Waals surface area contributed by atoms with Crippen molar-refractivity contribution in [3.63, 3.8) is 0 Å². The third-order valence-corrected chi connectivity index (χ3v) is 5.59. The maximum absolute atomic E-state index is 13.8. The molecular formula is C20H16FN3O4S2. The summed E-state index contributed by atoms with van der Waals surface area (Å²) < 4.78 is 14.2. The van der Waals surface area contributed by atoms with Crippen LogP contribution in [0.2, 0.25) is 0 Å². The van der Waals surface area contributed by atoms with Crippen molar-refractivity contribution in [2.24, 2.45) is 0 Å². The van der Waals surface area contributed by atoms with Gasteiger partial charge >= 0.3 is 0 Å². The molecule has 2 aromatic carbocycles. The highest BCUT2D eigenvalue weighted by Crippen LogP contribution is 2.33. The molecule has 0 aromatic heterocycles.